The van der Waals surface area contributed by atoms with E-state index in [1.807, 2.05) is 0 Å². The number of ketones is 1. The van der Waals surface area contributed by atoms with Gasteiger partial charge in [0.25, 0.3) is 0 Å². The van der Waals surface area contributed by atoms with Crippen LogP contribution in [0.15, 0.2) is 57.6 Å². The lowest BCUT2D eigenvalue weighted by Crippen LogP contribution is -2.02. The van der Waals surface area contributed by atoms with E-state index in [-0.39, 0.29) is 17.4 Å². The van der Waals surface area contributed by atoms with Crippen molar-refractivity contribution in [1.82, 2.24) is 0 Å². The van der Waals surface area contributed by atoms with Gasteiger partial charge in [-0.1, -0.05) is 24.3 Å². The Labute approximate surface area is 117 Å². The van der Waals surface area contributed by atoms with Gasteiger partial charge in [0.05, 0.1) is 10.7 Å². The molecule has 1 heterocycles. The van der Waals surface area contributed by atoms with Gasteiger partial charge in [0.2, 0.25) is 5.78 Å². The molecular weight excluding hydrogens is 311 g/mol. The third kappa shape index (κ3) is 1.98. The number of rotatable bonds is 2. The van der Waals surface area contributed by atoms with Crippen LogP contribution in [0.25, 0.3) is 10.8 Å². The van der Waals surface area contributed by atoms with Gasteiger partial charge in [0.15, 0.2) is 5.76 Å². The van der Waals surface area contributed by atoms with Crippen LogP contribution in [0.4, 0.5) is 4.39 Å². The lowest BCUT2D eigenvalue weighted by atomic mass is 10.00. The Balaban J connectivity index is 2.24. The molecule has 0 fully saturated rings. The van der Waals surface area contributed by atoms with E-state index in [0.717, 1.165) is 0 Å². The van der Waals surface area contributed by atoms with Crippen LogP contribution < -0.4 is 0 Å². The molecule has 0 saturated heterocycles. The summed E-state index contributed by atoms with van der Waals surface area (Å²) >= 11 is 3.25. The molecule has 1 aromatic heterocycles. The average Bonchev–Trinajstić information content (AvgIpc) is 2.85. The van der Waals surface area contributed by atoms with Crippen molar-refractivity contribution in [3.8, 4) is 0 Å². The molecule has 4 heteroatoms. The van der Waals surface area contributed by atoms with Gasteiger partial charge in [-0.25, -0.2) is 4.39 Å². The number of hydrogen-bond donors (Lipinski definition) is 0. The van der Waals surface area contributed by atoms with E-state index in [1.165, 1.54) is 18.4 Å². The van der Waals surface area contributed by atoms with Crippen LogP contribution in [0.3, 0.4) is 0 Å². The van der Waals surface area contributed by atoms with Gasteiger partial charge in [-0.05, 0) is 39.5 Å². The molecule has 0 amide bonds. The van der Waals surface area contributed by atoms with Gasteiger partial charge in [0.1, 0.15) is 5.82 Å². The summed E-state index contributed by atoms with van der Waals surface area (Å²) in [4.78, 5) is 12.4. The Bertz CT molecular complexity index is 777. The first-order chi connectivity index (χ1) is 9.18. The van der Waals surface area contributed by atoms with Crippen LogP contribution in [0.1, 0.15) is 16.1 Å². The third-order valence-electron chi connectivity index (χ3n) is 2.94. The smallest absolute Gasteiger partial charge is 0.229 e. The SMILES string of the molecule is O=C(c1occc1Br)c1ccc(F)c2ccccc12. The Kier molecular flexibility index (Phi) is 2.95. The van der Waals surface area contributed by atoms with E-state index in [4.69, 9.17) is 4.42 Å². The highest BCUT2D eigenvalue weighted by atomic mass is 79.9. The van der Waals surface area contributed by atoms with Gasteiger partial charge in [-0.15, -0.1) is 0 Å². The molecule has 3 rings (SSSR count). The van der Waals surface area contributed by atoms with Crippen LogP contribution >= 0.6 is 15.9 Å². The topological polar surface area (TPSA) is 30.2 Å². The summed E-state index contributed by atoms with van der Waals surface area (Å²) < 4.78 is 19.5. The van der Waals surface area contributed by atoms with Gasteiger partial charge >= 0.3 is 0 Å². The van der Waals surface area contributed by atoms with Crippen LogP contribution in [0, 0.1) is 5.82 Å². The lowest BCUT2D eigenvalue weighted by molar-refractivity contribution is 0.101. The third-order valence-corrected chi connectivity index (χ3v) is 3.56. The number of halogens is 2. The second-order valence-corrected chi connectivity index (χ2v) is 4.92. The highest BCUT2D eigenvalue weighted by Gasteiger charge is 2.19. The standard InChI is InChI=1S/C15H8BrFO2/c16-12-7-8-19-15(12)14(18)11-5-6-13(17)10-4-2-1-3-9(10)11/h1-8H. The molecule has 0 aliphatic rings. The summed E-state index contributed by atoms with van der Waals surface area (Å²) in [6.45, 7) is 0. The van der Waals surface area contributed by atoms with E-state index in [2.05, 4.69) is 15.9 Å². The maximum Gasteiger partial charge on any atom is 0.229 e. The Morgan fingerprint density at radius 1 is 1.05 bits per heavy atom. The zero-order chi connectivity index (χ0) is 13.4. The second kappa shape index (κ2) is 4.63. The summed E-state index contributed by atoms with van der Waals surface area (Å²) in [5.41, 5.74) is 0.424. The fourth-order valence-corrected chi connectivity index (χ4v) is 2.42. The van der Waals surface area contributed by atoms with Crippen molar-refractivity contribution in [2.24, 2.45) is 0 Å². The van der Waals surface area contributed by atoms with Crippen molar-refractivity contribution in [2.75, 3.05) is 0 Å². The Morgan fingerprint density at radius 2 is 1.79 bits per heavy atom. The molecule has 0 N–H and O–H groups in total. The highest BCUT2D eigenvalue weighted by molar-refractivity contribution is 9.10. The van der Waals surface area contributed by atoms with E-state index < -0.39 is 0 Å². The fraction of sp³-hybridized carbons (Fsp3) is 0. The molecular formula is C15H8BrFO2. The molecule has 0 saturated carbocycles. The lowest BCUT2D eigenvalue weighted by Gasteiger charge is -2.05. The monoisotopic (exact) mass is 318 g/mol. The minimum Gasteiger partial charge on any atom is -0.460 e. The highest BCUT2D eigenvalue weighted by Crippen LogP contribution is 2.27. The zero-order valence-corrected chi connectivity index (χ0v) is 11.3. The molecule has 94 valence electrons. The van der Waals surface area contributed by atoms with Crippen LogP contribution in [-0.2, 0) is 0 Å². The quantitative estimate of drug-likeness (QED) is 0.648. The van der Waals surface area contributed by atoms with E-state index >= 15 is 0 Å². The van der Waals surface area contributed by atoms with E-state index in [0.29, 0.717) is 20.8 Å². The van der Waals surface area contributed by atoms with Crippen LogP contribution in [-0.4, -0.2) is 5.78 Å². The van der Waals surface area contributed by atoms with Gasteiger partial charge < -0.3 is 4.42 Å². The molecule has 3 aromatic rings. The number of carbonyl (C=O) groups is 1. The number of furan rings is 1. The van der Waals surface area contributed by atoms with Gasteiger partial charge in [-0.2, -0.15) is 0 Å². The predicted molar refractivity (Wildman–Crippen MR) is 73.7 cm³/mol. The minimum absolute atomic E-state index is 0.219. The first-order valence-corrected chi connectivity index (χ1v) is 6.42. The molecule has 2 nitrogen and oxygen atoms in total. The molecule has 0 unspecified atom stereocenters. The maximum atomic E-state index is 13.7. The number of carbonyl (C=O) groups excluding carboxylic acids is 1. The van der Waals surface area contributed by atoms with Crippen LogP contribution in [0.2, 0.25) is 0 Å². The van der Waals surface area contributed by atoms with E-state index in [1.54, 1.807) is 30.3 Å². The summed E-state index contributed by atoms with van der Waals surface area (Å²) in [5.74, 6) is -0.393. The molecule has 0 bridgehead atoms. The molecule has 0 aliphatic carbocycles. The molecule has 0 radical (unpaired) electrons. The second-order valence-electron chi connectivity index (χ2n) is 4.07. The fourth-order valence-electron chi connectivity index (χ4n) is 2.04. The van der Waals surface area contributed by atoms with Crippen molar-refractivity contribution in [1.29, 1.82) is 0 Å². The Morgan fingerprint density at radius 3 is 2.47 bits per heavy atom. The molecule has 0 aliphatic heterocycles. The van der Waals surface area contributed by atoms with Crippen molar-refractivity contribution >= 4 is 32.5 Å². The molecule has 0 atom stereocenters. The molecule has 2 aromatic carbocycles. The molecule has 0 spiro atoms. The Hall–Kier alpha value is -1.94. The largest absolute Gasteiger partial charge is 0.460 e. The maximum absolute atomic E-state index is 13.7. The average molecular weight is 319 g/mol. The van der Waals surface area contributed by atoms with E-state index in [9.17, 15) is 9.18 Å². The van der Waals surface area contributed by atoms with Gasteiger partial charge in [0, 0.05) is 10.9 Å². The van der Waals surface area contributed by atoms with Crippen molar-refractivity contribution in [3.05, 3.63) is 70.3 Å². The first-order valence-electron chi connectivity index (χ1n) is 5.63. The number of benzene rings is 2. The summed E-state index contributed by atoms with van der Waals surface area (Å²) in [7, 11) is 0. The summed E-state index contributed by atoms with van der Waals surface area (Å²) in [6.07, 6.45) is 1.43. The van der Waals surface area contributed by atoms with Crippen LogP contribution in [0.5, 0.6) is 0 Å². The van der Waals surface area contributed by atoms with Crippen molar-refractivity contribution in [3.63, 3.8) is 0 Å². The summed E-state index contributed by atoms with van der Waals surface area (Å²) in [5, 5.41) is 1.01. The number of fused-ring (bicyclic) bond motifs is 1. The zero-order valence-electron chi connectivity index (χ0n) is 9.69. The minimum atomic E-state index is -0.342. The van der Waals surface area contributed by atoms with Crippen molar-refractivity contribution in [2.45, 2.75) is 0 Å². The van der Waals surface area contributed by atoms with Crippen molar-refractivity contribution < 1.29 is 13.6 Å². The first kappa shape index (κ1) is 12.1. The van der Waals surface area contributed by atoms with Gasteiger partial charge in [-0.3, -0.25) is 4.79 Å². The predicted octanol–water partition coefficient (Wildman–Crippen LogP) is 4.57. The number of hydrogen-bond acceptors (Lipinski definition) is 2. The molecule has 19 heavy (non-hydrogen) atoms. The normalized spacial score (nSPS) is 10.8. The summed E-state index contributed by atoms with van der Waals surface area (Å²) in [6, 6.07) is 11.3.